The van der Waals surface area contributed by atoms with Crippen LogP contribution in [0, 0.1) is 6.92 Å². The van der Waals surface area contributed by atoms with Crippen molar-refractivity contribution in [1.82, 2.24) is 29.7 Å². The third-order valence-electron chi connectivity index (χ3n) is 5.30. The SMILES string of the molecule is COc1cccc(-n2c(Cc3cc(=O)[nH]c(=O)[nH]3)nnc2SCC(=O)Nc2nc3ccc(C)cc3s2)c1. The summed E-state index contributed by atoms with van der Waals surface area (Å²) in [4.78, 5) is 45.4. The summed E-state index contributed by atoms with van der Waals surface area (Å²) in [7, 11) is 1.57. The fourth-order valence-electron chi connectivity index (χ4n) is 3.67. The molecule has 3 N–H and O–H groups in total. The van der Waals surface area contributed by atoms with Crippen LogP contribution in [0.4, 0.5) is 5.13 Å². The lowest BCUT2D eigenvalue weighted by atomic mass is 10.2. The molecule has 37 heavy (non-hydrogen) atoms. The zero-order valence-corrected chi connectivity index (χ0v) is 21.4. The van der Waals surface area contributed by atoms with E-state index in [9.17, 15) is 14.4 Å². The van der Waals surface area contributed by atoms with Gasteiger partial charge < -0.3 is 15.0 Å². The minimum atomic E-state index is -0.605. The predicted molar refractivity (Wildman–Crippen MR) is 142 cm³/mol. The summed E-state index contributed by atoms with van der Waals surface area (Å²) in [5, 5.41) is 12.4. The second-order valence-electron chi connectivity index (χ2n) is 8.05. The summed E-state index contributed by atoms with van der Waals surface area (Å²) in [5.74, 6) is 0.931. The van der Waals surface area contributed by atoms with Crippen LogP contribution in [0.2, 0.25) is 0 Å². The van der Waals surface area contributed by atoms with Crippen LogP contribution in [0.1, 0.15) is 17.1 Å². The number of hydrogen-bond acceptors (Lipinski definition) is 9. The van der Waals surface area contributed by atoms with E-state index in [2.05, 4.69) is 30.5 Å². The highest BCUT2D eigenvalue weighted by Gasteiger charge is 2.18. The highest BCUT2D eigenvalue weighted by molar-refractivity contribution is 7.99. The molecule has 0 fully saturated rings. The first-order valence-corrected chi connectivity index (χ1v) is 12.9. The molecule has 1 amide bonds. The van der Waals surface area contributed by atoms with Crippen LogP contribution in [-0.4, -0.2) is 48.5 Å². The average molecular weight is 536 g/mol. The Balaban J connectivity index is 1.39. The number of aromatic nitrogens is 6. The Bertz CT molecular complexity index is 1690. The van der Waals surface area contributed by atoms with E-state index in [1.165, 1.54) is 29.2 Å². The molecular weight excluding hydrogens is 514 g/mol. The van der Waals surface area contributed by atoms with E-state index >= 15 is 0 Å². The van der Waals surface area contributed by atoms with Crippen molar-refractivity contribution < 1.29 is 9.53 Å². The highest BCUT2D eigenvalue weighted by Crippen LogP contribution is 2.28. The maximum Gasteiger partial charge on any atom is 0.325 e. The lowest BCUT2D eigenvalue weighted by molar-refractivity contribution is -0.113. The first-order chi connectivity index (χ1) is 17.9. The molecule has 188 valence electrons. The quantitative estimate of drug-likeness (QED) is 0.257. The first kappa shape index (κ1) is 24.5. The van der Waals surface area contributed by atoms with E-state index in [4.69, 9.17) is 4.74 Å². The Morgan fingerprint density at radius 1 is 1.14 bits per heavy atom. The molecular formula is C24H21N7O4S2. The van der Waals surface area contributed by atoms with Gasteiger partial charge in [-0.25, -0.2) is 9.78 Å². The molecule has 0 spiro atoms. The number of anilines is 1. The number of rotatable bonds is 8. The number of benzene rings is 2. The number of nitrogens with zero attached hydrogens (tertiary/aromatic N) is 4. The van der Waals surface area contributed by atoms with Crippen LogP contribution in [-0.2, 0) is 11.2 Å². The summed E-state index contributed by atoms with van der Waals surface area (Å²) in [6, 6.07) is 14.5. The van der Waals surface area contributed by atoms with Gasteiger partial charge in [0.05, 0.1) is 28.8 Å². The fourth-order valence-corrected chi connectivity index (χ4v) is 5.42. The Hall–Kier alpha value is -4.23. The molecule has 0 aliphatic rings. The lowest BCUT2D eigenvalue weighted by Gasteiger charge is -2.11. The van der Waals surface area contributed by atoms with E-state index < -0.39 is 11.2 Å². The molecule has 5 aromatic rings. The number of amides is 1. The van der Waals surface area contributed by atoms with Gasteiger partial charge in [-0.15, -0.1) is 10.2 Å². The van der Waals surface area contributed by atoms with E-state index in [0.29, 0.717) is 33.2 Å². The fraction of sp³-hybridized carbons (Fsp3) is 0.167. The molecule has 0 aliphatic heterocycles. The van der Waals surface area contributed by atoms with Crippen LogP contribution in [0.5, 0.6) is 5.75 Å². The summed E-state index contributed by atoms with van der Waals surface area (Å²) in [6.45, 7) is 2.01. The normalized spacial score (nSPS) is 11.1. The number of fused-ring (bicyclic) bond motifs is 1. The highest BCUT2D eigenvalue weighted by atomic mass is 32.2. The van der Waals surface area contributed by atoms with Gasteiger partial charge in [-0.05, 0) is 36.8 Å². The number of aromatic amines is 2. The molecule has 5 rings (SSSR count). The van der Waals surface area contributed by atoms with Crippen LogP contribution in [0.25, 0.3) is 15.9 Å². The Morgan fingerprint density at radius 2 is 2.00 bits per heavy atom. The number of methoxy groups -OCH3 is 1. The van der Waals surface area contributed by atoms with Gasteiger partial charge in [-0.2, -0.15) is 0 Å². The molecule has 0 unspecified atom stereocenters. The summed E-state index contributed by atoms with van der Waals surface area (Å²) in [5.41, 5.74) is 1.93. The second kappa shape index (κ2) is 10.4. The number of H-pyrrole nitrogens is 2. The molecule has 3 heterocycles. The second-order valence-corrected chi connectivity index (χ2v) is 10.0. The molecule has 11 nitrogen and oxygen atoms in total. The van der Waals surface area contributed by atoms with Crippen LogP contribution in [0.3, 0.4) is 0 Å². The van der Waals surface area contributed by atoms with E-state index in [1.807, 2.05) is 43.3 Å². The standard InChI is InChI=1S/C24H21N7O4S2/c1-13-6-7-17-18(8-13)37-23(26-17)28-21(33)12-36-24-30-29-19(9-14-10-20(32)27-22(34)25-14)31(24)15-4-3-5-16(11-15)35-2/h3-8,10-11H,9,12H2,1-2H3,(H,26,28,33)(H2,25,27,32,34). The summed E-state index contributed by atoms with van der Waals surface area (Å²) in [6.07, 6.45) is 0.140. The third-order valence-corrected chi connectivity index (χ3v) is 7.16. The largest absolute Gasteiger partial charge is 0.497 e. The molecule has 0 aliphatic carbocycles. The predicted octanol–water partition coefficient (Wildman–Crippen LogP) is 2.89. The van der Waals surface area contributed by atoms with Crippen molar-refractivity contribution in [2.75, 3.05) is 18.2 Å². The van der Waals surface area contributed by atoms with Crippen molar-refractivity contribution in [2.45, 2.75) is 18.5 Å². The molecule has 0 bridgehead atoms. The number of hydrogen-bond donors (Lipinski definition) is 3. The number of thiazole rings is 1. The van der Waals surface area contributed by atoms with E-state index in [-0.39, 0.29) is 18.1 Å². The minimum Gasteiger partial charge on any atom is -0.497 e. The summed E-state index contributed by atoms with van der Waals surface area (Å²) >= 11 is 2.62. The maximum atomic E-state index is 12.7. The van der Waals surface area contributed by atoms with Gasteiger partial charge >= 0.3 is 5.69 Å². The lowest BCUT2D eigenvalue weighted by Crippen LogP contribution is -2.23. The number of nitrogens with one attached hydrogen (secondary N) is 3. The zero-order valence-electron chi connectivity index (χ0n) is 19.8. The van der Waals surface area contributed by atoms with Crippen molar-refractivity contribution in [3.63, 3.8) is 0 Å². The van der Waals surface area contributed by atoms with Gasteiger partial charge in [0.2, 0.25) is 5.91 Å². The Labute approximate surface area is 218 Å². The maximum absolute atomic E-state index is 12.7. The zero-order chi connectivity index (χ0) is 25.9. The van der Waals surface area contributed by atoms with Crippen molar-refractivity contribution in [1.29, 1.82) is 0 Å². The molecule has 13 heteroatoms. The van der Waals surface area contributed by atoms with Gasteiger partial charge in [0, 0.05) is 24.2 Å². The number of carbonyl (C=O) groups is 1. The van der Waals surface area contributed by atoms with Crippen LogP contribution >= 0.6 is 23.1 Å². The van der Waals surface area contributed by atoms with Crippen molar-refractivity contribution in [2.24, 2.45) is 0 Å². The monoisotopic (exact) mass is 535 g/mol. The smallest absolute Gasteiger partial charge is 0.325 e. The van der Waals surface area contributed by atoms with Crippen LogP contribution in [0.15, 0.2) is 63.3 Å². The van der Waals surface area contributed by atoms with Crippen molar-refractivity contribution in [3.8, 4) is 11.4 Å². The van der Waals surface area contributed by atoms with Gasteiger partial charge in [-0.1, -0.05) is 35.2 Å². The number of carbonyl (C=O) groups excluding carboxylic acids is 1. The van der Waals surface area contributed by atoms with Gasteiger partial charge in [0.15, 0.2) is 10.3 Å². The summed E-state index contributed by atoms with van der Waals surface area (Å²) < 4.78 is 8.12. The van der Waals surface area contributed by atoms with Gasteiger partial charge in [-0.3, -0.25) is 19.1 Å². The first-order valence-electron chi connectivity index (χ1n) is 11.1. The molecule has 2 aromatic carbocycles. The van der Waals surface area contributed by atoms with Crippen molar-refractivity contribution in [3.05, 3.63) is 86.5 Å². The van der Waals surface area contributed by atoms with E-state index in [0.717, 1.165) is 15.8 Å². The Kier molecular flexibility index (Phi) is 6.88. The van der Waals surface area contributed by atoms with Crippen LogP contribution < -0.4 is 21.3 Å². The molecule has 0 radical (unpaired) electrons. The third kappa shape index (κ3) is 5.62. The number of aryl methyl sites for hydroxylation is 1. The number of ether oxygens (including phenoxy) is 1. The topological polar surface area (TPSA) is 148 Å². The molecule has 0 atom stereocenters. The molecule has 3 aromatic heterocycles. The number of thioether (sulfide) groups is 1. The molecule has 0 saturated heterocycles. The average Bonchev–Trinajstić information content (AvgIpc) is 3.44. The van der Waals surface area contributed by atoms with E-state index in [1.54, 1.807) is 17.7 Å². The minimum absolute atomic E-state index is 0.0683. The molecule has 0 saturated carbocycles. The van der Waals surface area contributed by atoms with Gasteiger partial charge in [0.1, 0.15) is 11.6 Å². The van der Waals surface area contributed by atoms with Gasteiger partial charge in [0.25, 0.3) is 5.56 Å². The van der Waals surface area contributed by atoms with Crippen molar-refractivity contribution >= 4 is 44.4 Å². The Morgan fingerprint density at radius 3 is 2.81 bits per heavy atom.